The molecule has 1 atom stereocenters. The smallest absolute Gasteiger partial charge is 0.435 e. The monoisotopic (exact) mass is 672 g/mol. The van der Waals surface area contributed by atoms with E-state index in [1.807, 2.05) is 0 Å². The van der Waals surface area contributed by atoms with Gasteiger partial charge in [0.15, 0.2) is 0 Å². The van der Waals surface area contributed by atoms with Gasteiger partial charge in [-0.3, -0.25) is 4.79 Å². The zero-order valence-corrected chi connectivity index (χ0v) is 22.6. The Kier molecular flexibility index (Phi) is 8.15. The third-order valence-electron chi connectivity index (χ3n) is 7.08. The predicted molar refractivity (Wildman–Crippen MR) is 137 cm³/mol. The first-order valence-corrected chi connectivity index (χ1v) is 12.6. The number of para-hydroxylation sites is 1. The number of H-pyrrole nitrogens is 1. The minimum Gasteiger partial charge on any atom is -0.478 e. The number of nitrogens with two attached hydrogens (primary N) is 1. The second-order valence-corrected chi connectivity index (χ2v) is 10.4. The highest BCUT2D eigenvalue weighted by atomic mass is 35.5. The Bertz CT molecular complexity index is 1800. The van der Waals surface area contributed by atoms with Crippen molar-refractivity contribution in [3.8, 4) is 0 Å². The summed E-state index contributed by atoms with van der Waals surface area (Å²) in [5, 5.41) is 9.37. The number of hydrogen-bond acceptors (Lipinski definition) is 2. The van der Waals surface area contributed by atoms with E-state index in [1.165, 1.54) is 6.07 Å². The highest BCUT2D eigenvalue weighted by molar-refractivity contribution is 6.27. The molecule has 5 nitrogen and oxygen atoms in total. The maximum atomic E-state index is 15.4. The average molecular weight is 673 g/mol. The fourth-order valence-corrected chi connectivity index (χ4v) is 5.38. The number of aromatic amines is 1. The Morgan fingerprint density at radius 3 is 1.98 bits per heavy atom. The van der Waals surface area contributed by atoms with Crippen molar-refractivity contribution in [3.05, 3.63) is 106 Å². The van der Waals surface area contributed by atoms with Crippen LogP contribution in [0.3, 0.4) is 0 Å². The summed E-state index contributed by atoms with van der Waals surface area (Å²) < 4.78 is 154. The molecule has 17 heteroatoms. The van der Waals surface area contributed by atoms with Crippen LogP contribution < -0.4 is 5.73 Å². The zero-order chi connectivity index (χ0) is 33.9. The van der Waals surface area contributed by atoms with Gasteiger partial charge in [0.05, 0.1) is 16.6 Å². The first kappa shape index (κ1) is 33.6. The Balaban J connectivity index is 2.13. The first-order chi connectivity index (χ1) is 20.5. The predicted octanol–water partition coefficient (Wildman–Crippen LogP) is 8.14. The molecular formula is C28H16ClF11N2O3. The van der Waals surface area contributed by atoms with Crippen molar-refractivity contribution >= 4 is 34.4 Å². The Hall–Kier alpha value is -4.34. The van der Waals surface area contributed by atoms with Crippen LogP contribution in [0.2, 0.25) is 0 Å². The number of nitrogens with one attached hydrogen (secondary N) is 1. The van der Waals surface area contributed by atoms with Gasteiger partial charge in [0, 0.05) is 34.7 Å². The number of rotatable bonds is 7. The van der Waals surface area contributed by atoms with Crippen molar-refractivity contribution in [2.45, 2.75) is 35.5 Å². The molecule has 240 valence electrons. The summed E-state index contributed by atoms with van der Waals surface area (Å²) in [6.45, 7) is 0. The summed E-state index contributed by atoms with van der Waals surface area (Å²) in [7, 11) is 0. The molecule has 0 spiro atoms. The molecule has 0 saturated carbocycles. The van der Waals surface area contributed by atoms with Gasteiger partial charge in [-0.1, -0.05) is 24.3 Å². The number of carbonyl (C=O) groups excluding carboxylic acids is 1. The highest BCUT2D eigenvalue weighted by Gasteiger charge is 2.74. The van der Waals surface area contributed by atoms with Gasteiger partial charge in [0.1, 0.15) is 10.7 Å². The van der Waals surface area contributed by atoms with Crippen molar-refractivity contribution in [1.29, 1.82) is 0 Å². The van der Waals surface area contributed by atoms with Gasteiger partial charge in [0.25, 0.3) is 0 Å². The van der Waals surface area contributed by atoms with E-state index in [9.17, 15) is 58.6 Å². The SMILES string of the molecule is NC(=O)c1ccc(C(F)(C(F)(F)F)C(F)(F)F)c(CC(Cl)(c2ccc(F)c(C(F)(F)F)c2)c2c[nH]c3c(C(=O)O)cccc23)c1. The standard InChI is InChI=1S/C28H16ClF11N2O3/c29-24(14-5-7-20(30)18(9-14)26(32,33)34,19-11-42-21-15(19)2-1-3-16(21)23(44)45)10-13-8-12(22(41)43)4-6-17(13)25(31,27(35,36)37)28(38,39)40/h1-9,11,42H,10H2,(H2,41,43)(H,44,45). The van der Waals surface area contributed by atoms with Crippen molar-refractivity contribution in [2.24, 2.45) is 5.73 Å². The van der Waals surface area contributed by atoms with Crippen LogP contribution in [-0.2, 0) is 23.1 Å². The van der Waals surface area contributed by atoms with Crippen LogP contribution in [-0.4, -0.2) is 34.3 Å². The van der Waals surface area contributed by atoms with Gasteiger partial charge in [-0.2, -0.15) is 39.5 Å². The summed E-state index contributed by atoms with van der Waals surface area (Å²) in [6, 6.07) is 5.28. The summed E-state index contributed by atoms with van der Waals surface area (Å²) in [4.78, 5) is 23.4. The third-order valence-corrected chi connectivity index (χ3v) is 7.63. The summed E-state index contributed by atoms with van der Waals surface area (Å²) in [6.07, 6.45) is -19.1. The zero-order valence-electron chi connectivity index (χ0n) is 21.9. The van der Waals surface area contributed by atoms with Crippen molar-refractivity contribution in [2.75, 3.05) is 0 Å². The number of alkyl halides is 11. The Morgan fingerprint density at radius 1 is 0.822 bits per heavy atom. The van der Waals surface area contributed by atoms with E-state index in [1.54, 1.807) is 0 Å². The van der Waals surface area contributed by atoms with Crippen LogP contribution in [0.4, 0.5) is 48.3 Å². The van der Waals surface area contributed by atoms with Crippen LogP contribution in [0.5, 0.6) is 0 Å². The fourth-order valence-electron chi connectivity index (χ4n) is 4.96. The second-order valence-electron chi connectivity index (χ2n) is 9.80. The molecule has 4 rings (SSSR count). The maximum Gasteiger partial charge on any atom is 0.435 e. The molecule has 0 fully saturated rings. The van der Waals surface area contributed by atoms with E-state index in [0.717, 1.165) is 18.3 Å². The van der Waals surface area contributed by atoms with Gasteiger partial charge < -0.3 is 15.8 Å². The number of benzene rings is 3. The molecule has 0 radical (unpaired) electrons. The van der Waals surface area contributed by atoms with Crippen LogP contribution in [0.1, 0.15) is 48.5 Å². The summed E-state index contributed by atoms with van der Waals surface area (Å²) >= 11 is 6.88. The molecule has 0 aliphatic rings. The number of aromatic nitrogens is 1. The van der Waals surface area contributed by atoms with E-state index >= 15 is 4.39 Å². The van der Waals surface area contributed by atoms with Gasteiger partial charge in [0.2, 0.25) is 5.91 Å². The number of fused-ring (bicyclic) bond motifs is 1. The number of halogens is 12. The molecule has 0 aliphatic carbocycles. The minimum atomic E-state index is -6.65. The van der Waals surface area contributed by atoms with Crippen molar-refractivity contribution in [1.82, 2.24) is 4.98 Å². The Morgan fingerprint density at radius 2 is 1.44 bits per heavy atom. The number of primary amides is 1. The lowest BCUT2D eigenvalue weighted by Crippen LogP contribution is -2.51. The second kappa shape index (κ2) is 10.9. The van der Waals surface area contributed by atoms with Crippen LogP contribution in [0.25, 0.3) is 10.9 Å². The number of carbonyl (C=O) groups is 2. The van der Waals surface area contributed by atoms with E-state index < -0.39 is 92.1 Å². The molecular weight excluding hydrogens is 657 g/mol. The van der Waals surface area contributed by atoms with Gasteiger partial charge in [-0.05, 0) is 41.5 Å². The molecule has 1 amide bonds. The van der Waals surface area contributed by atoms with Crippen LogP contribution in [0, 0.1) is 5.82 Å². The lowest BCUT2D eigenvalue weighted by atomic mass is 9.79. The van der Waals surface area contributed by atoms with E-state index in [0.29, 0.717) is 24.3 Å². The highest BCUT2D eigenvalue weighted by Crippen LogP contribution is 2.55. The third kappa shape index (κ3) is 5.66. The average Bonchev–Trinajstić information content (AvgIpc) is 3.35. The molecule has 1 aromatic heterocycles. The van der Waals surface area contributed by atoms with Gasteiger partial charge >= 0.3 is 30.2 Å². The molecule has 0 saturated heterocycles. The molecule has 3 aromatic carbocycles. The molecule has 1 heterocycles. The molecule has 4 aromatic rings. The quantitative estimate of drug-likeness (QED) is 0.137. The normalized spacial score (nSPS) is 14.4. The number of aromatic carboxylic acids is 1. The fraction of sp³-hybridized carbons (Fsp3) is 0.214. The van der Waals surface area contributed by atoms with E-state index in [4.69, 9.17) is 17.3 Å². The molecule has 45 heavy (non-hydrogen) atoms. The number of carboxylic acid groups (broad SMARTS) is 1. The van der Waals surface area contributed by atoms with Gasteiger partial charge in [-0.15, -0.1) is 11.6 Å². The summed E-state index contributed by atoms with van der Waals surface area (Å²) in [5.74, 6) is -4.71. The molecule has 0 bridgehead atoms. The molecule has 4 N–H and O–H groups in total. The van der Waals surface area contributed by atoms with Gasteiger partial charge in [-0.25, -0.2) is 13.6 Å². The topological polar surface area (TPSA) is 96.2 Å². The number of carboxylic acids is 1. The number of amides is 1. The minimum absolute atomic E-state index is 0.00270. The van der Waals surface area contributed by atoms with E-state index in [2.05, 4.69) is 4.98 Å². The lowest BCUT2D eigenvalue weighted by molar-refractivity contribution is -0.348. The molecule has 0 aliphatic heterocycles. The van der Waals surface area contributed by atoms with Crippen LogP contribution >= 0.6 is 11.6 Å². The number of hydrogen-bond donors (Lipinski definition) is 3. The van der Waals surface area contributed by atoms with E-state index in [-0.39, 0.29) is 23.0 Å². The van der Waals surface area contributed by atoms with Crippen LogP contribution in [0.15, 0.2) is 60.8 Å². The van der Waals surface area contributed by atoms with Crippen molar-refractivity contribution in [3.63, 3.8) is 0 Å². The van der Waals surface area contributed by atoms with Crippen molar-refractivity contribution < 1.29 is 63.0 Å². The Labute approximate surface area is 249 Å². The largest absolute Gasteiger partial charge is 0.478 e. The maximum absolute atomic E-state index is 15.4. The summed E-state index contributed by atoms with van der Waals surface area (Å²) in [5.41, 5.74) is -8.73. The molecule has 1 unspecified atom stereocenters. The lowest BCUT2D eigenvalue weighted by Gasteiger charge is -2.34. The first-order valence-electron chi connectivity index (χ1n) is 12.2.